The smallest absolute Gasteiger partial charge is 0.130 e. The first kappa shape index (κ1) is 15.7. The summed E-state index contributed by atoms with van der Waals surface area (Å²) in [7, 11) is 0. The average Bonchev–Trinajstić information content (AvgIpc) is 3.36. The number of pyridine rings is 1. The number of terminal acetylenes is 1. The second-order valence-corrected chi connectivity index (χ2v) is 6.36. The van der Waals surface area contributed by atoms with E-state index in [2.05, 4.69) is 24.8 Å². The van der Waals surface area contributed by atoms with Gasteiger partial charge in [-0.1, -0.05) is 31.9 Å². The molecular weight excluding hydrogens is 289 g/mol. The largest absolute Gasteiger partial charge is 0.363 e. The zero-order valence-electron chi connectivity index (χ0n) is 13.7. The number of nitrogens with zero attached hydrogens (tertiary/aromatic N) is 1. The van der Waals surface area contributed by atoms with Gasteiger partial charge in [0.2, 0.25) is 0 Å². The van der Waals surface area contributed by atoms with Crippen molar-refractivity contribution < 1.29 is 9.13 Å². The fraction of sp³-hybridized carbons (Fsp3) is 0.350. The minimum atomic E-state index is -0.663. The van der Waals surface area contributed by atoms with Crippen molar-refractivity contribution in [3.05, 3.63) is 64.7 Å². The van der Waals surface area contributed by atoms with Gasteiger partial charge in [-0.05, 0) is 37.1 Å². The highest BCUT2D eigenvalue weighted by molar-refractivity contribution is 5.40. The second-order valence-electron chi connectivity index (χ2n) is 6.36. The molecule has 23 heavy (non-hydrogen) atoms. The van der Waals surface area contributed by atoms with Crippen LogP contribution in [0.2, 0.25) is 0 Å². The van der Waals surface area contributed by atoms with E-state index in [0.29, 0.717) is 12.2 Å². The molecule has 2 heterocycles. The van der Waals surface area contributed by atoms with E-state index in [9.17, 15) is 4.39 Å². The van der Waals surface area contributed by atoms with Gasteiger partial charge in [-0.2, -0.15) is 0 Å². The van der Waals surface area contributed by atoms with Crippen LogP contribution in [0.3, 0.4) is 0 Å². The standard InChI is InChI=1S/C20H20FNO/c1-5-15-8-10-18(22-12-15)19(4,6-2)20(13-23-20)16-9-7-14(3)11-17(16)21/h1,7-12H,6,13H2,2-4H3. The lowest BCUT2D eigenvalue weighted by atomic mass is 9.69. The van der Waals surface area contributed by atoms with Gasteiger partial charge in [-0.25, -0.2) is 4.39 Å². The summed E-state index contributed by atoms with van der Waals surface area (Å²) in [4.78, 5) is 4.53. The third-order valence-electron chi connectivity index (χ3n) is 5.09. The summed E-state index contributed by atoms with van der Waals surface area (Å²) in [6.07, 6.45) is 7.87. The maximum atomic E-state index is 14.6. The molecule has 0 N–H and O–H groups in total. The van der Waals surface area contributed by atoms with Crippen LogP contribution < -0.4 is 0 Å². The molecule has 118 valence electrons. The molecule has 0 amide bonds. The van der Waals surface area contributed by atoms with Gasteiger partial charge in [0, 0.05) is 28.4 Å². The molecule has 3 rings (SSSR count). The number of halogens is 1. The number of rotatable bonds is 4. The van der Waals surface area contributed by atoms with Crippen LogP contribution in [-0.4, -0.2) is 11.6 Å². The Morgan fingerprint density at radius 1 is 1.39 bits per heavy atom. The predicted molar refractivity (Wildman–Crippen MR) is 88.6 cm³/mol. The first-order valence-electron chi connectivity index (χ1n) is 7.80. The number of epoxide rings is 1. The highest BCUT2D eigenvalue weighted by Gasteiger charge is 2.61. The van der Waals surface area contributed by atoms with Gasteiger partial charge < -0.3 is 4.74 Å². The number of hydrogen-bond acceptors (Lipinski definition) is 2. The predicted octanol–water partition coefficient (Wildman–Crippen LogP) is 4.10. The van der Waals surface area contributed by atoms with Gasteiger partial charge in [0.25, 0.3) is 0 Å². The minimum absolute atomic E-state index is 0.220. The van der Waals surface area contributed by atoms with Crippen molar-refractivity contribution in [2.24, 2.45) is 0 Å². The molecule has 2 unspecified atom stereocenters. The number of aryl methyl sites for hydroxylation is 1. The maximum absolute atomic E-state index is 14.6. The van der Waals surface area contributed by atoms with Gasteiger partial charge in [0.1, 0.15) is 11.4 Å². The fourth-order valence-electron chi connectivity index (χ4n) is 3.27. The highest BCUT2D eigenvalue weighted by atomic mass is 19.1. The van der Waals surface area contributed by atoms with Crippen LogP contribution >= 0.6 is 0 Å². The lowest BCUT2D eigenvalue weighted by molar-refractivity contribution is 0.177. The van der Waals surface area contributed by atoms with Crippen LogP contribution in [0.4, 0.5) is 4.39 Å². The first-order chi connectivity index (χ1) is 11.0. The highest BCUT2D eigenvalue weighted by Crippen LogP contribution is 2.55. The molecule has 1 aliphatic rings. The molecule has 3 heteroatoms. The van der Waals surface area contributed by atoms with Crippen molar-refractivity contribution in [3.63, 3.8) is 0 Å². The van der Waals surface area contributed by atoms with E-state index >= 15 is 0 Å². The SMILES string of the molecule is C#Cc1ccc(C(C)(CC)C2(c3ccc(C)cc3F)CO2)nc1. The van der Waals surface area contributed by atoms with Crippen LogP contribution in [0, 0.1) is 25.1 Å². The molecule has 1 fully saturated rings. The van der Waals surface area contributed by atoms with Crippen LogP contribution in [0.15, 0.2) is 36.5 Å². The van der Waals surface area contributed by atoms with Gasteiger partial charge in [0.05, 0.1) is 6.61 Å². The third kappa shape index (κ3) is 2.34. The Balaban J connectivity index is 2.09. The molecule has 1 saturated heterocycles. The maximum Gasteiger partial charge on any atom is 0.130 e. The Morgan fingerprint density at radius 3 is 2.61 bits per heavy atom. The molecule has 0 saturated carbocycles. The number of ether oxygens (including phenoxy) is 1. The first-order valence-corrected chi connectivity index (χ1v) is 7.80. The molecule has 2 aromatic rings. The van der Waals surface area contributed by atoms with E-state index in [4.69, 9.17) is 11.2 Å². The zero-order chi connectivity index (χ0) is 16.7. The molecule has 1 aromatic carbocycles. The Hall–Kier alpha value is -2.18. The fourth-order valence-corrected chi connectivity index (χ4v) is 3.27. The van der Waals surface area contributed by atoms with E-state index in [1.54, 1.807) is 12.3 Å². The van der Waals surface area contributed by atoms with Crippen molar-refractivity contribution in [1.82, 2.24) is 4.98 Å². The molecule has 0 bridgehead atoms. The Kier molecular flexibility index (Phi) is 3.74. The Labute approximate surface area is 136 Å². The zero-order valence-corrected chi connectivity index (χ0v) is 13.7. The lowest BCUT2D eigenvalue weighted by Crippen LogP contribution is -2.39. The Morgan fingerprint density at radius 2 is 2.13 bits per heavy atom. The third-order valence-corrected chi connectivity index (χ3v) is 5.09. The summed E-state index contributed by atoms with van der Waals surface area (Å²) >= 11 is 0. The van der Waals surface area contributed by atoms with E-state index in [1.807, 2.05) is 31.2 Å². The summed E-state index contributed by atoms with van der Waals surface area (Å²) in [5, 5.41) is 0. The lowest BCUT2D eigenvalue weighted by Gasteiger charge is -2.35. The number of benzene rings is 1. The monoisotopic (exact) mass is 309 g/mol. The van der Waals surface area contributed by atoms with Crippen molar-refractivity contribution in [1.29, 1.82) is 0 Å². The van der Waals surface area contributed by atoms with E-state index in [-0.39, 0.29) is 5.82 Å². The average molecular weight is 309 g/mol. The molecule has 2 nitrogen and oxygen atoms in total. The van der Waals surface area contributed by atoms with Crippen molar-refractivity contribution in [2.75, 3.05) is 6.61 Å². The van der Waals surface area contributed by atoms with Crippen molar-refractivity contribution >= 4 is 0 Å². The van der Waals surface area contributed by atoms with Gasteiger partial charge in [-0.15, -0.1) is 6.42 Å². The summed E-state index contributed by atoms with van der Waals surface area (Å²) in [5.41, 5.74) is 2.03. The summed E-state index contributed by atoms with van der Waals surface area (Å²) in [6.45, 7) is 6.53. The number of hydrogen-bond donors (Lipinski definition) is 0. The molecule has 0 radical (unpaired) electrons. The molecule has 2 atom stereocenters. The van der Waals surface area contributed by atoms with Crippen molar-refractivity contribution in [2.45, 2.75) is 38.2 Å². The molecule has 0 spiro atoms. The molecule has 1 aliphatic heterocycles. The van der Waals surface area contributed by atoms with Gasteiger partial charge in [-0.3, -0.25) is 4.98 Å². The molecule has 1 aromatic heterocycles. The van der Waals surface area contributed by atoms with Crippen LogP contribution in [0.25, 0.3) is 0 Å². The topological polar surface area (TPSA) is 25.4 Å². The van der Waals surface area contributed by atoms with E-state index < -0.39 is 11.0 Å². The van der Waals surface area contributed by atoms with Crippen LogP contribution in [-0.2, 0) is 15.8 Å². The normalized spacial score (nSPS) is 22.2. The van der Waals surface area contributed by atoms with Crippen molar-refractivity contribution in [3.8, 4) is 12.3 Å². The van der Waals surface area contributed by atoms with E-state index in [1.165, 1.54) is 0 Å². The molecule has 0 aliphatic carbocycles. The summed E-state index contributed by atoms with van der Waals surface area (Å²) in [5.74, 6) is 2.35. The Bertz CT molecular complexity index is 771. The second kappa shape index (κ2) is 5.47. The minimum Gasteiger partial charge on any atom is -0.363 e. The van der Waals surface area contributed by atoms with E-state index in [0.717, 1.165) is 23.2 Å². The number of aromatic nitrogens is 1. The van der Waals surface area contributed by atoms with Crippen LogP contribution in [0.1, 0.15) is 42.7 Å². The molecular formula is C20H20FNO. The van der Waals surface area contributed by atoms with Gasteiger partial charge in [0.15, 0.2) is 0 Å². The quantitative estimate of drug-likeness (QED) is 0.627. The summed E-state index contributed by atoms with van der Waals surface area (Å²) in [6, 6.07) is 9.12. The van der Waals surface area contributed by atoms with Gasteiger partial charge >= 0.3 is 0 Å². The van der Waals surface area contributed by atoms with Crippen LogP contribution in [0.5, 0.6) is 0 Å². The summed E-state index contributed by atoms with van der Waals surface area (Å²) < 4.78 is 20.4.